The van der Waals surface area contributed by atoms with Crippen LogP contribution < -0.4 is 0 Å². The molecular formula is C11H23Cl. The smallest absolute Gasteiger partial charge is 0.0338 e. The van der Waals surface area contributed by atoms with Crippen LogP contribution in [0.4, 0.5) is 0 Å². The summed E-state index contributed by atoms with van der Waals surface area (Å²) in [5.41, 5.74) is 0. The molecule has 0 aromatic heterocycles. The van der Waals surface area contributed by atoms with Crippen molar-refractivity contribution in [2.45, 2.75) is 58.8 Å². The Morgan fingerprint density at radius 1 is 1.08 bits per heavy atom. The Bertz CT molecular complexity index is 99.2. The van der Waals surface area contributed by atoms with Gasteiger partial charge in [0, 0.05) is 5.38 Å². The molecule has 0 heterocycles. The SMILES string of the molecule is CCC(C)CCC(Cl)CC(C)C. The molecule has 0 radical (unpaired) electrons. The molecule has 0 nitrogen and oxygen atoms in total. The Hall–Kier alpha value is 0.290. The van der Waals surface area contributed by atoms with Gasteiger partial charge in [-0.1, -0.05) is 34.1 Å². The number of alkyl halides is 1. The quantitative estimate of drug-likeness (QED) is 0.543. The zero-order valence-electron chi connectivity index (χ0n) is 8.94. The summed E-state index contributed by atoms with van der Waals surface area (Å²) >= 11 is 6.18. The lowest BCUT2D eigenvalue weighted by Crippen LogP contribution is -2.05. The average Bonchev–Trinajstić information content (AvgIpc) is 1.99. The van der Waals surface area contributed by atoms with Crippen LogP contribution >= 0.6 is 11.6 Å². The van der Waals surface area contributed by atoms with Crippen molar-refractivity contribution < 1.29 is 0 Å². The van der Waals surface area contributed by atoms with Gasteiger partial charge in [-0.25, -0.2) is 0 Å². The van der Waals surface area contributed by atoms with Crippen molar-refractivity contribution in [2.75, 3.05) is 0 Å². The molecule has 0 rings (SSSR count). The largest absolute Gasteiger partial charge is 0.123 e. The fourth-order valence-corrected chi connectivity index (χ4v) is 1.78. The highest BCUT2D eigenvalue weighted by molar-refractivity contribution is 6.20. The third-order valence-corrected chi connectivity index (χ3v) is 2.79. The first-order chi connectivity index (χ1) is 5.56. The fourth-order valence-electron chi connectivity index (χ4n) is 1.30. The van der Waals surface area contributed by atoms with Crippen LogP contribution in [-0.2, 0) is 0 Å². The summed E-state index contributed by atoms with van der Waals surface area (Å²) in [6.45, 7) is 9.02. The maximum absolute atomic E-state index is 6.18. The van der Waals surface area contributed by atoms with Gasteiger partial charge in [0.05, 0.1) is 0 Å². The van der Waals surface area contributed by atoms with Crippen LogP contribution in [0.15, 0.2) is 0 Å². The van der Waals surface area contributed by atoms with Gasteiger partial charge in [0.1, 0.15) is 0 Å². The molecular weight excluding hydrogens is 168 g/mol. The van der Waals surface area contributed by atoms with Gasteiger partial charge in [-0.15, -0.1) is 11.6 Å². The Balaban J connectivity index is 3.36. The summed E-state index contributed by atoms with van der Waals surface area (Å²) in [4.78, 5) is 0. The van der Waals surface area contributed by atoms with Gasteiger partial charge in [0.2, 0.25) is 0 Å². The Labute approximate surface area is 82.7 Å². The Morgan fingerprint density at radius 3 is 2.08 bits per heavy atom. The van der Waals surface area contributed by atoms with Gasteiger partial charge < -0.3 is 0 Å². The van der Waals surface area contributed by atoms with E-state index >= 15 is 0 Å². The molecule has 0 amide bonds. The lowest BCUT2D eigenvalue weighted by molar-refractivity contribution is 0.458. The first kappa shape index (κ1) is 12.3. The highest BCUT2D eigenvalue weighted by atomic mass is 35.5. The minimum Gasteiger partial charge on any atom is -0.123 e. The van der Waals surface area contributed by atoms with Crippen molar-refractivity contribution >= 4 is 11.6 Å². The molecule has 0 spiro atoms. The summed E-state index contributed by atoms with van der Waals surface area (Å²) in [5, 5.41) is 0.402. The maximum atomic E-state index is 6.18. The van der Waals surface area contributed by atoms with E-state index in [9.17, 15) is 0 Å². The second kappa shape index (κ2) is 6.77. The molecule has 0 aromatic carbocycles. The first-order valence-electron chi connectivity index (χ1n) is 5.20. The molecule has 2 atom stereocenters. The number of halogens is 1. The number of hydrogen-bond acceptors (Lipinski definition) is 0. The number of rotatable bonds is 6. The van der Waals surface area contributed by atoms with E-state index < -0.39 is 0 Å². The molecule has 0 aromatic rings. The van der Waals surface area contributed by atoms with Gasteiger partial charge in [-0.05, 0) is 31.1 Å². The van der Waals surface area contributed by atoms with E-state index in [4.69, 9.17) is 11.6 Å². The van der Waals surface area contributed by atoms with Crippen molar-refractivity contribution in [1.82, 2.24) is 0 Å². The topological polar surface area (TPSA) is 0 Å². The zero-order valence-corrected chi connectivity index (χ0v) is 9.69. The molecule has 2 unspecified atom stereocenters. The molecule has 74 valence electrons. The minimum absolute atomic E-state index is 0.402. The summed E-state index contributed by atoms with van der Waals surface area (Å²) in [6.07, 6.45) is 4.93. The lowest BCUT2D eigenvalue weighted by Gasteiger charge is -2.14. The average molecular weight is 191 g/mol. The van der Waals surface area contributed by atoms with E-state index in [0.29, 0.717) is 5.38 Å². The third-order valence-electron chi connectivity index (χ3n) is 2.40. The van der Waals surface area contributed by atoms with E-state index in [-0.39, 0.29) is 0 Å². The molecule has 0 N–H and O–H groups in total. The van der Waals surface area contributed by atoms with E-state index in [1.165, 1.54) is 19.3 Å². The van der Waals surface area contributed by atoms with E-state index in [1.807, 2.05) is 0 Å². The molecule has 0 aliphatic carbocycles. The predicted octanol–water partition coefficient (Wildman–Crippen LogP) is 4.47. The van der Waals surface area contributed by atoms with Crippen LogP contribution in [0, 0.1) is 11.8 Å². The highest BCUT2D eigenvalue weighted by Gasteiger charge is 2.08. The summed E-state index contributed by atoms with van der Waals surface area (Å²) < 4.78 is 0. The highest BCUT2D eigenvalue weighted by Crippen LogP contribution is 2.19. The molecule has 0 saturated carbocycles. The molecule has 12 heavy (non-hydrogen) atoms. The van der Waals surface area contributed by atoms with Crippen molar-refractivity contribution in [3.8, 4) is 0 Å². The van der Waals surface area contributed by atoms with Gasteiger partial charge in [0.25, 0.3) is 0 Å². The van der Waals surface area contributed by atoms with Gasteiger partial charge in [0.15, 0.2) is 0 Å². The molecule has 0 aliphatic heterocycles. The summed E-state index contributed by atoms with van der Waals surface area (Å²) in [5.74, 6) is 1.59. The Kier molecular flexibility index (Phi) is 6.93. The van der Waals surface area contributed by atoms with Crippen molar-refractivity contribution in [1.29, 1.82) is 0 Å². The summed E-state index contributed by atoms with van der Waals surface area (Å²) in [7, 11) is 0. The molecule has 0 aliphatic rings. The zero-order chi connectivity index (χ0) is 9.56. The maximum Gasteiger partial charge on any atom is 0.0338 e. The molecule has 0 fully saturated rings. The van der Waals surface area contributed by atoms with Crippen LogP contribution in [0.3, 0.4) is 0 Å². The monoisotopic (exact) mass is 190 g/mol. The second-order valence-electron chi connectivity index (χ2n) is 4.32. The van der Waals surface area contributed by atoms with E-state index in [1.54, 1.807) is 0 Å². The molecule has 0 bridgehead atoms. The standard InChI is InChI=1S/C11H23Cl/c1-5-10(4)6-7-11(12)8-9(2)3/h9-11H,5-8H2,1-4H3. The van der Waals surface area contributed by atoms with Crippen molar-refractivity contribution in [2.24, 2.45) is 11.8 Å². The van der Waals surface area contributed by atoms with Crippen molar-refractivity contribution in [3.63, 3.8) is 0 Å². The normalized spacial score (nSPS) is 16.5. The van der Waals surface area contributed by atoms with Gasteiger partial charge in [-0.3, -0.25) is 0 Å². The van der Waals surface area contributed by atoms with Crippen molar-refractivity contribution in [3.05, 3.63) is 0 Å². The molecule has 0 saturated heterocycles. The summed E-state index contributed by atoms with van der Waals surface area (Å²) in [6, 6.07) is 0. The fraction of sp³-hybridized carbons (Fsp3) is 1.00. The Morgan fingerprint density at radius 2 is 1.67 bits per heavy atom. The van der Waals surface area contributed by atoms with Crippen LogP contribution in [0.25, 0.3) is 0 Å². The van der Waals surface area contributed by atoms with Crippen LogP contribution in [0.5, 0.6) is 0 Å². The van der Waals surface area contributed by atoms with Crippen LogP contribution in [0.2, 0.25) is 0 Å². The predicted molar refractivity (Wildman–Crippen MR) is 57.8 cm³/mol. The number of hydrogen-bond donors (Lipinski definition) is 0. The van der Waals surface area contributed by atoms with E-state index in [2.05, 4.69) is 27.7 Å². The van der Waals surface area contributed by atoms with Gasteiger partial charge >= 0.3 is 0 Å². The van der Waals surface area contributed by atoms with Crippen LogP contribution in [-0.4, -0.2) is 5.38 Å². The second-order valence-corrected chi connectivity index (χ2v) is 4.93. The lowest BCUT2D eigenvalue weighted by atomic mass is 9.98. The first-order valence-corrected chi connectivity index (χ1v) is 5.64. The third kappa shape index (κ3) is 6.97. The minimum atomic E-state index is 0.402. The van der Waals surface area contributed by atoms with E-state index in [0.717, 1.165) is 18.3 Å². The molecule has 1 heteroatoms. The van der Waals surface area contributed by atoms with Gasteiger partial charge in [-0.2, -0.15) is 0 Å². The van der Waals surface area contributed by atoms with Crippen LogP contribution in [0.1, 0.15) is 53.4 Å².